The van der Waals surface area contributed by atoms with Crippen molar-refractivity contribution in [1.29, 1.82) is 0 Å². The maximum Gasteiger partial charge on any atom is 0.415 e. The second-order valence-electron chi connectivity index (χ2n) is 3.13. The van der Waals surface area contributed by atoms with E-state index in [1.165, 1.54) is 0 Å². The first kappa shape index (κ1) is 8.11. The van der Waals surface area contributed by atoms with Crippen molar-refractivity contribution in [3.8, 4) is 0 Å². The van der Waals surface area contributed by atoms with Crippen LogP contribution >= 0.6 is 0 Å². The molecule has 3 nitrogen and oxygen atoms in total. The Bertz CT molecular complexity index is 198. The Kier molecular flexibility index (Phi) is 1.89. The minimum atomic E-state index is -0.298. The van der Waals surface area contributed by atoms with Crippen molar-refractivity contribution in [2.45, 2.75) is 19.9 Å². The molecular weight excluding hydrogens is 142 g/mol. The van der Waals surface area contributed by atoms with Crippen LogP contribution < -0.4 is 0 Å². The third kappa shape index (κ3) is 1.23. The van der Waals surface area contributed by atoms with E-state index in [0.717, 1.165) is 0 Å². The summed E-state index contributed by atoms with van der Waals surface area (Å²) in [5, 5.41) is 0. The summed E-state index contributed by atoms with van der Waals surface area (Å²) in [5.74, 6) is 0.923. The van der Waals surface area contributed by atoms with Gasteiger partial charge in [-0.15, -0.1) is 0 Å². The van der Waals surface area contributed by atoms with Gasteiger partial charge in [0.2, 0.25) is 0 Å². The summed E-state index contributed by atoms with van der Waals surface area (Å²) in [5.41, 5.74) is 0. The molecule has 0 radical (unpaired) electrons. The van der Waals surface area contributed by atoms with Gasteiger partial charge in [-0.2, -0.15) is 0 Å². The Hall–Kier alpha value is -0.990. The van der Waals surface area contributed by atoms with Crippen LogP contribution in [-0.2, 0) is 4.74 Å². The number of carbonyl (C=O) groups is 1. The van der Waals surface area contributed by atoms with Crippen LogP contribution in [0.15, 0.2) is 12.3 Å². The van der Waals surface area contributed by atoms with E-state index in [9.17, 15) is 4.79 Å². The molecule has 1 aliphatic heterocycles. The van der Waals surface area contributed by atoms with Crippen molar-refractivity contribution in [1.82, 2.24) is 4.90 Å². The first-order valence-electron chi connectivity index (χ1n) is 3.67. The monoisotopic (exact) mass is 155 g/mol. The normalized spacial score (nSPS) is 24.7. The average molecular weight is 155 g/mol. The number of carbonyl (C=O) groups excluding carboxylic acids is 1. The van der Waals surface area contributed by atoms with Crippen LogP contribution in [0.25, 0.3) is 0 Å². The van der Waals surface area contributed by atoms with Gasteiger partial charge in [-0.3, -0.25) is 0 Å². The molecule has 0 bridgehead atoms. The van der Waals surface area contributed by atoms with Crippen molar-refractivity contribution < 1.29 is 9.53 Å². The van der Waals surface area contributed by atoms with E-state index in [2.05, 4.69) is 6.58 Å². The number of rotatable bonds is 1. The molecule has 1 atom stereocenters. The minimum absolute atomic E-state index is 0.0440. The van der Waals surface area contributed by atoms with Crippen LogP contribution in [0.2, 0.25) is 0 Å². The lowest BCUT2D eigenvalue weighted by molar-refractivity contribution is 0.171. The molecule has 1 unspecified atom stereocenters. The van der Waals surface area contributed by atoms with Gasteiger partial charge < -0.3 is 9.64 Å². The highest BCUT2D eigenvalue weighted by Crippen LogP contribution is 2.25. The Balaban J connectivity index is 2.79. The Morgan fingerprint density at radius 1 is 1.64 bits per heavy atom. The number of ether oxygens (including phenoxy) is 1. The van der Waals surface area contributed by atoms with Gasteiger partial charge in [0.25, 0.3) is 0 Å². The second-order valence-corrected chi connectivity index (χ2v) is 3.13. The highest BCUT2D eigenvalue weighted by atomic mass is 16.6. The van der Waals surface area contributed by atoms with Crippen molar-refractivity contribution in [2.24, 2.45) is 5.92 Å². The summed E-state index contributed by atoms with van der Waals surface area (Å²) in [6, 6.07) is 0.0440. The lowest BCUT2D eigenvalue weighted by atomic mass is 10.0. The first-order valence-corrected chi connectivity index (χ1v) is 3.67. The van der Waals surface area contributed by atoms with E-state index in [4.69, 9.17) is 4.74 Å². The molecular formula is C8H13NO2. The molecule has 0 aromatic rings. The summed E-state index contributed by atoms with van der Waals surface area (Å²) in [4.78, 5) is 12.5. The molecule has 0 spiro atoms. The maximum absolute atomic E-state index is 10.9. The predicted octanol–water partition coefficient (Wildman–Crippen LogP) is 1.61. The fraction of sp³-hybridized carbons (Fsp3) is 0.625. The van der Waals surface area contributed by atoms with Crippen LogP contribution in [0.3, 0.4) is 0 Å². The van der Waals surface area contributed by atoms with Crippen LogP contribution in [0, 0.1) is 5.92 Å². The number of amides is 1. The molecule has 11 heavy (non-hydrogen) atoms. The summed E-state index contributed by atoms with van der Waals surface area (Å²) in [6.07, 6.45) is -0.298. The van der Waals surface area contributed by atoms with Crippen LogP contribution in [0.1, 0.15) is 13.8 Å². The van der Waals surface area contributed by atoms with Crippen molar-refractivity contribution in [3.63, 3.8) is 0 Å². The molecule has 1 rings (SSSR count). The molecule has 1 aliphatic rings. The molecule has 1 fully saturated rings. The molecule has 0 N–H and O–H groups in total. The summed E-state index contributed by atoms with van der Waals surface area (Å²) in [6.45, 7) is 7.75. The fourth-order valence-electron chi connectivity index (χ4n) is 1.39. The molecule has 0 aromatic heterocycles. The molecule has 0 saturated carbocycles. The van der Waals surface area contributed by atoms with Crippen molar-refractivity contribution >= 4 is 6.09 Å². The second kappa shape index (κ2) is 2.57. The number of hydrogen-bond donors (Lipinski definition) is 0. The van der Waals surface area contributed by atoms with Crippen molar-refractivity contribution in [3.05, 3.63) is 12.3 Å². The third-order valence-electron chi connectivity index (χ3n) is 1.89. The summed E-state index contributed by atoms with van der Waals surface area (Å²) < 4.78 is 4.84. The summed E-state index contributed by atoms with van der Waals surface area (Å²) in [7, 11) is 1.73. The summed E-state index contributed by atoms with van der Waals surface area (Å²) >= 11 is 0. The minimum Gasteiger partial charge on any atom is -0.413 e. The smallest absolute Gasteiger partial charge is 0.413 e. The van der Waals surface area contributed by atoms with Gasteiger partial charge in [0.05, 0.1) is 6.04 Å². The van der Waals surface area contributed by atoms with E-state index >= 15 is 0 Å². The van der Waals surface area contributed by atoms with Crippen molar-refractivity contribution in [2.75, 3.05) is 7.05 Å². The van der Waals surface area contributed by atoms with Crippen LogP contribution in [0.4, 0.5) is 4.79 Å². The zero-order valence-electron chi connectivity index (χ0n) is 7.13. The molecule has 0 aromatic carbocycles. The zero-order chi connectivity index (χ0) is 8.59. The van der Waals surface area contributed by atoms with Crippen LogP contribution in [0.5, 0.6) is 0 Å². The quantitative estimate of drug-likeness (QED) is 0.575. The van der Waals surface area contributed by atoms with E-state index in [0.29, 0.717) is 11.7 Å². The van der Waals surface area contributed by atoms with Gasteiger partial charge in [0.15, 0.2) is 0 Å². The largest absolute Gasteiger partial charge is 0.415 e. The van der Waals surface area contributed by atoms with Gasteiger partial charge in [-0.05, 0) is 5.92 Å². The molecule has 1 heterocycles. The predicted molar refractivity (Wildman–Crippen MR) is 42.0 cm³/mol. The number of nitrogens with zero attached hydrogens (tertiary/aromatic N) is 1. The average Bonchev–Trinajstić information content (AvgIpc) is 2.07. The third-order valence-corrected chi connectivity index (χ3v) is 1.89. The standard InChI is InChI=1S/C8H13NO2/c1-5(2)7-6(3)11-8(10)9(7)4/h5,7H,3H2,1-2,4H3. The topological polar surface area (TPSA) is 29.5 Å². The lowest BCUT2D eigenvalue weighted by Crippen LogP contribution is -2.32. The molecule has 1 amide bonds. The van der Waals surface area contributed by atoms with Crippen LogP contribution in [-0.4, -0.2) is 24.1 Å². The van der Waals surface area contributed by atoms with Gasteiger partial charge in [-0.1, -0.05) is 20.4 Å². The lowest BCUT2D eigenvalue weighted by Gasteiger charge is -2.19. The first-order chi connectivity index (χ1) is 5.04. The van der Waals surface area contributed by atoms with Gasteiger partial charge in [-0.25, -0.2) is 4.79 Å². The maximum atomic E-state index is 10.9. The zero-order valence-corrected chi connectivity index (χ0v) is 7.13. The Morgan fingerprint density at radius 2 is 2.18 bits per heavy atom. The van der Waals surface area contributed by atoms with E-state index < -0.39 is 0 Å². The van der Waals surface area contributed by atoms with E-state index in [1.54, 1.807) is 11.9 Å². The van der Waals surface area contributed by atoms with E-state index in [-0.39, 0.29) is 12.1 Å². The molecule has 1 saturated heterocycles. The SMILES string of the molecule is C=C1OC(=O)N(C)C1C(C)C. The fourth-order valence-corrected chi connectivity index (χ4v) is 1.39. The van der Waals surface area contributed by atoms with E-state index in [1.807, 2.05) is 13.8 Å². The van der Waals surface area contributed by atoms with Gasteiger partial charge in [0.1, 0.15) is 5.76 Å². The highest BCUT2D eigenvalue weighted by molar-refractivity contribution is 5.72. The molecule has 62 valence electrons. The number of hydrogen-bond acceptors (Lipinski definition) is 2. The van der Waals surface area contributed by atoms with Gasteiger partial charge >= 0.3 is 6.09 Å². The number of likely N-dealkylation sites (N-methyl/N-ethyl adjacent to an activating group) is 1. The molecule has 0 aliphatic carbocycles. The molecule has 3 heteroatoms. The number of cyclic esters (lactones) is 1. The highest BCUT2D eigenvalue weighted by Gasteiger charge is 2.35. The Morgan fingerprint density at radius 3 is 2.36 bits per heavy atom. The van der Waals surface area contributed by atoms with Gasteiger partial charge in [0, 0.05) is 7.05 Å². The Labute approximate surface area is 66.6 Å².